The van der Waals surface area contributed by atoms with Crippen molar-refractivity contribution in [1.82, 2.24) is 0 Å². The molecule has 4 nitrogen and oxygen atoms in total. The first kappa shape index (κ1) is 28.8. The monoisotopic (exact) mass is 488 g/mol. The van der Waals surface area contributed by atoms with Crippen molar-refractivity contribution in [3.8, 4) is 0 Å². The second-order valence-electron chi connectivity index (χ2n) is 11.9. The van der Waals surface area contributed by atoms with Crippen LogP contribution in [0.5, 0.6) is 0 Å². The zero-order chi connectivity index (χ0) is 25.4. The van der Waals surface area contributed by atoms with E-state index in [1.807, 2.05) is 18.2 Å². The summed E-state index contributed by atoms with van der Waals surface area (Å²) >= 11 is 0. The number of allylic oxidation sites excluding steroid dienone is 5. The number of unbranched alkanes of at least 4 members (excludes halogenated alkanes) is 1. The van der Waals surface area contributed by atoms with Gasteiger partial charge in [-0.25, -0.2) is 0 Å². The topological polar surface area (TPSA) is 63.6 Å². The first-order valence-electron chi connectivity index (χ1n) is 13.4. The lowest BCUT2D eigenvalue weighted by molar-refractivity contribution is -0.137. The summed E-state index contributed by atoms with van der Waals surface area (Å²) in [5, 5.41) is 8.93. The molecule has 0 aromatic heterocycles. The molecular formula is C29H48O4Si. The summed E-state index contributed by atoms with van der Waals surface area (Å²) in [6, 6.07) is 0. The third kappa shape index (κ3) is 7.77. The van der Waals surface area contributed by atoms with Gasteiger partial charge in [-0.1, -0.05) is 70.9 Å². The molecule has 192 valence electrons. The summed E-state index contributed by atoms with van der Waals surface area (Å²) < 4.78 is 7.04. The van der Waals surface area contributed by atoms with Gasteiger partial charge in [0.05, 0.1) is 6.10 Å². The van der Waals surface area contributed by atoms with Crippen LogP contribution < -0.4 is 0 Å². The Morgan fingerprint density at radius 3 is 2.53 bits per heavy atom. The third-order valence-corrected chi connectivity index (χ3v) is 12.8. The van der Waals surface area contributed by atoms with E-state index in [4.69, 9.17) is 9.53 Å². The second kappa shape index (κ2) is 12.5. The summed E-state index contributed by atoms with van der Waals surface area (Å²) in [4.78, 5) is 23.1. The number of ketones is 1. The molecule has 0 radical (unpaired) electrons. The minimum absolute atomic E-state index is 0.0416. The van der Waals surface area contributed by atoms with E-state index in [1.165, 1.54) is 32.1 Å². The Bertz CT molecular complexity index is 767. The standard InChI is InChI=1S/C29H48O4Si/c1-7-20-29(21-13-22-29)26(33-34(5,6)28(2,3)4)16-12-14-23-18-19-25(30)24(23)15-10-8-9-11-17-27(31)32/h8,10,12,14,18-19,23-24,26H,7,9,11,13,15-17,20-22H2,1-6H3,(H,31,32)/b10-8-,14-12+/t23-,24+,26?/m0/s1. The van der Waals surface area contributed by atoms with E-state index in [2.05, 4.69) is 52.9 Å². The van der Waals surface area contributed by atoms with Gasteiger partial charge in [-0.15, -0.1) is 0 Å². The summed E-state index contributed by atoms with van der Waals surface area (Å²) in [6.07, 6.45) is 22.1. The van der Waals surface area contributed by atoms with Crippen LogP contribution in [0.25, 0.3) is 0 Å². The molecule has 2 aliphatic carbocycles. The van der Waals surface area contributed by atoms with Crippen LogP contribution in [-0.4, -0.2) is 31.3 Å². The van der Waals surface area contributed by atoms with Crippen molar-refractivity contribution in [3.05, 3.63) is 36.5 Å². The summed E-state index contributed by atoms with van der Waals surface area (Å²) in [6.45, 7) is 13.9. The van der Waals surface area contributed by atoms with Gasteiger partial charge in [0.1, 0.15) is 0 Å². The molecule has 0 aromatic carbocycles. The van der Waals surface area contributed by atoms with Gasteiger partial charge in [-0.2, -0.15) is 0 Å². The maximum atomic E-state index is 12.4. The normalized spacial score (nSPS) is 23.6. The van der Waals surface area contributed by atoms with Gasteiger partial charge in [-0.3, -0.25) is 9.59 Å². The predicted molar refractivity (Wildman–Crippen MR) is 143 cm³/mol. The lowest BCUT2D eigenvalue weighted by Crippen LogP contribution is -2.51. The molecule has 34 heavy (non-hydrogen) atoms. The maximum Gasteiger partial charge on any atom is 0.303 e. The molecule has 2 rings (SSSR count). The molecule has 1 unspecified atom stereocenters. The number of hydrogen-bond donors (Lipinski definition) is 1. The Morgan fingerprint density at radius 1 is 1.26 bits per heavy atom. The van der Waals surface area contributed by atoms with Crippen molar-refractivity contribution in [2.75, 3.05) is 0 Å². The van der Waals surface area contributed by atoms with Crippen molar-refractivity contribution < 1.29 is 19.1 Å². The second-order valence-corrected chi connectivity index (χ2v) is 16.7. The predicted octanol–water partition coefficient (Wildman–Crippen LogP) is 7.87. The van der Waals surface area contributed by atoms with E-state index in [0.29, 0.717) is 18.3 Å². The molecule has 2 aliphatic rings. The quantitative estimate of drug-likeness (QED) is 0.153. The highest BCUT2D eigenvalue weighted by atomic mass is 28.4. The average molecular weight is 489 g/mol. The number of hydrogen-bond acceptors (Lipinski definition) is 3. The Hall–Kier alpha value is -1.46. The number of carbonyl (C=O) groups is 2. The van der Waals surface area contributed by atoms with Gasteiger partial charge in [0.2, 0.25) is 0 Å². The van der Waals surface area contributed by atoms with E-state index >= 15 is 0 Å². The van der Waals surface area contributed by atoms with Crippen molar-refractivity contribution in [1.29, 1.82) is 0 Å². The molecule has 0 aromatic rings. The molecule has 5 heteroatoms. The van der Waals surface area contributed by atoms with Gasteiger partial charge in [0, 0.05) is 18.3 Å². The SMILES string of the molecule is CCCC1(C(C/C=C/[C@H]2C=CC(=O)[C@@H]2C/C=C\CCCC(=O)O)O[Si](C)(C)C(C)(C)C)CCC1. The minimum atomic E-state index is -1.88. The molecule has 1 N–H and O–H groups in total. The summed E-state index contributed by atoms with van der Waals surface area (Å²) in [7, 11) is -1.88. The van der Waals surface area contributed by atoms with E-state index in [0.717, 1.165) is 12.8 Å². The van der Waals surface area contributed by atoms with Crippen LogP contribution in [0.4, 0.5) is 0 Å². The van der Waals surface area contributed by atoms with Crippen LogP contribution in [0.15, 0.2) is 36.5 Å². The third-order valence-electron chi connectivity index (χ3n) is 8.36. The fourth-order valence-corrected chi connectivity index (χ4v) is 6.44. The highest BCUT2D eigenvalue weighted by molar-refractivity contribution is 6.74. The lowest BCUT2D eigenvalue weighted by Gasteiger charge is -2.51. The molecule has 0 aliphatic heterocycles. The van der Waals surface area contributed by atoms with Crippen LogP contribution in [-0.2, 0) is 14.0 Å². The van der Waals surface area contributed by atoms with Gasteiger partial charge in [-0.05, 0) is 74.6 Å². The number of carbonyl (C=O) groups excluding carboxylic acids is 1. The van der Waals surface area contributed by atoms with Crippen molar-refractivity contribution >= 4 is 20.1 Å². The Labute approximate surface area is 209 Å². The van der Waals surface area contributed by atoms with E-state index in [9.17, 15) is 9.59 Å². The minimum Gasteiger partial charge on any atom is -0.481 e. The van der Waals surface area contributed by atoms with Gasteiger partial charge < -0.3 is 9.53 Å². The highest BCUT2D eigenvalue weighted by Gasteiger charge is 2.48. The van der Waals surface area contributed by atoms with E-state index in [1.54, 1.807) is 6.08 Å². The molecule has 3 atom stereocenters. The fraction of sp³-hybridized carbons (Fsp3) is 0.724. The van der Waals surface area contributed by atoms with E-state index in [-0.39, 0.29) is 35.2 Å². The van der Waals surface area contributed by atoms with E-state index < -0.39 is 14.3 Å². The fourth-order valence-electron chi connectivity index (χ4n) is 5.03. The maximum absolute atomic E-state index is 12.4. The van der Waals surface area contributed by atoms with Crippen LogP contribution in [0, 0.1) is 17.3 Å². The number of aliphatic carboxylic acids is 1. The van der Waals surface area contributed by atoms with Crippen molar-refractivity contribution in [3.63, 3.8) is 0 Å². The molecule has 0 spiro atoms. The first-order chi connectivity index (χ1) is 15.9. The van der Waals surface area contributed by atoms with Crippen molar-refractivity contribution in [2.24, 2.45) is 17.3 Å². The van der Waals surface area contributed by atoms with Crippen LogP contribution in [0.2, 0.25) is 18.1 Å². The first-order valence-corrected chi connectivity index (χ1v) is 16.3. The summed E-state index contributed by atoms with van der Waals surface area (Å²) in [5.41, 5.74) is 0.314. The molecule has 0 amide bonds. The largest absolute Gasteiger partial charge is 0.481 e. The highest BCUT2D eigenvalue weighted by Crippen LogP contribution is 2.52. The number of rotatable bonds is 14. The Morgan fingerprint density at radius 2 is 1.97 bits per heavy atom. The molecule has 0 saturated heterocycles. The molecule has 0 heterocycles. The lowest BCUT2D eigenvalue weighted by atomic mass is 9.62. The zero-order valence-electron chi connectivity index (χ0n) is 22.4. The van der Waals surface area contributed by atoms with Gasteiger partial charge >= 0.3 is 5.97 Å². The summed E-state index contributed by atoms with van der Waals surface area (Å²) in [5.74, 6) is -0.471. The number of carboxylic acid groups (broad SMARTS) is 1. The molecular weight excluding hydrogens is 440 g/mol. The van der Waals surface area contributed by atoms with Crippen LogP contribution in [0.3, 0.4) is 0 Å². The van der Waals surface area contributed by atoms with Gasteiger partial charge in [0.15, 0.2) is 14.1 Å². The Balaban J connectivity index is 2.03. The smallest absolute Gasteiger partial charge is 0.303 e. The number of carboxylic acids is 1. The van der Waals surface area contributed by atoms with Crippen molar-refractivity contribution in [2.45, 2.75) is 116 Å². The Kier molecular flexibility index (Phi) is 10.6. The van der Waals surface area contributed by atoms with Gasteiger partial charge in [0.25, 0.3) is 0 Å². The molecule has 1 fully saturated rings. The van der Waals surface area contributed by atoms with Crippen LogP contribution >= 0.6 is 0 Å². The average Bonchev–Trinajstić information content (AvgIpc) is 3.05. The van der Waals surface area contributed by atoms with Crippen LogP contribution in [0.1, 0.15) is 91.9 Å². The molecule has 0 bridgehead atoms. The zero-order valence-corrected chi connectivity index (χ0v) is 23.4. The molecule has 1 saturated carbocycles.